The van der Waals surface area contributed by atoms with E-state index in [9.17, 15) is 18.3 Å². The summed E-state index contributed by atoms with van der Waals surface area (Å²) in [5, 5.41) is 13.8. The first-order valence-electron chi connectivity index (χ1n) is 5.78. The van der Waals surface area contributed by atoms with Gasteiger partial charge in [-0.3, -0.25) is 4.68 Å². The lowest BCUT2D eigenvalue weighted by molar-refractivity contribution is -0.141. The van der Waals surface area contributed by atoms with E-state index in [0.717, 1.165) is 12.1 Å². The van der Waals surface area contributed by atoms with Crippen molar-refractivity contribution in [3.05, 3.63) is 46.5 Å². The number of alkyl halides is 3. The van der Waals surface area contributed by atoms with Gasteiger partial charge in [-0.2, -0.15) is 18.3 Å². The Morgan fingerprint density at radius 1 is 1.35 bits per heavy atom. The SMILES string of the molecule is CCn1nccc1C(O)c1ccc(C(F)(F)F)nc1Cl. The molecule has 2 aromatic heterocycles. The Kier molecular flexibility index (Phi) is 4.01. The lowest BCUT2D eigenvalue weighted by Gasteiger charge is -2.15. The highest BCUT2D eigenvalue weighted by Crippen LogP contribution is 2.32. The zero-order chi connectivity index (χ0) is 14.9. The fourth-order valence-electron chi connectivity index (χ4n) is 1.81. The van der Waals surface area contributed by atoms with E-state index >= 15 is 0 Å². The highest BCUT2D eigenvalue weighted by molar-refractivity contribution is 6.30. The van der Waals surface area contributed by atoms with Crippen molar-refractivity contribution in [2.75, 3.05) is 0 Å². The number of aromatic nitrogens is 3. The van der Waals surface area contributed by atoms with Crippen molar-refractivity contribution in [1.82, 2.24) is 14.8 Å². The Labute approximate surface area is 117 Å². The lowest BCUT2D eigenvalue weighted by Crippen LogP contribution is -2.12. The third-order valence-electron chi connectivity index (χ3n) is 2.79. The second kappa shape index (κ2) is 5.41. The Balaban J connectivity index is 2.39. The zero-order valence-electron chi connectivity index (χ0n) is 10.4. The van der Waals surface area contributed by atoms with E-state index in [0.29, 0.717) is 12.2 Å². The quantitative estimate of drug-likeness (QED) is 0.887. The number of pyridine rings is 1. The number of rotatable bonds is 3. The maximum absolute atomic E-state index is 12.5. The molecular weight excluding hydrogens is 295 g/mol. The minimum atomic E-state index is -4.57. The van der Waals surface area contributed by atoms with Crippen LogP contribution in [0, 0.1) is 0 Å². The summed E-state index contributed by atoms with van der Waals surface area (Å²) in [6.07, 6.45) is -4.26. The number of aryl methyl sites for hydroxylation is 1. The average Bonchev–Trinajstić information content (AvgIpc) is 2.85. The molecule has 1 unspecified atom stereocenters. The molecule has 8 heteroatoms. The molecule has 0 aliphatic carbocycles. The fraction of sp³-hybridized carbons (Fsp3) is 0.333. The topological polar surface area (TPSA) is 50.9 Å². The molecule has 0 saturated heterocycles. The molecule has 20 heavy (non-hydrogen) atoms. The second-order valence-electron chi connectivity index (χ2n) is 4.05. The highest BCUT2D eigenvalue weighted by Gasteiger charge is 2.33. The summed E-state index contributed by atoms with van der Waals surface area (Å²) < 4.78 is 39.0. The van der Waals surface area contributed by atoms with Crippen molar-refractivity contribution in [3.8, 4) is 0 Å². The van der Waals surface area contributed by atoms with Crippen molar-refractivity contribution < 1.29 is 18.3 Å². The molecule has 1 N–H and O–H groups in total. The largest absolute Gasteiger partial charge is 0.433 e. The van der Waals surface area contributed by atoms with Crippen LogP contribution in [-0.4, -0.2) is 19.9 Å². The Morgan fingerprint density at radius 3 is 2.60 bits per heavy atom. The molecule has 0 radical (unpaired) electrons. The van der Waals surface area contributed by atoms with E-state index in [1.54, 1.807) is 6.07 Å². The van der Waals surface area contributed by atoms with Gasteiger partial charge in [-0.25, -0.2) is 4.98 Å². The average molecular weight is 306 g/mol. The van der Waals surface area contributed by atoms with Gasteiger partial charge in [0, 0.05) is 18.3 Å². The van der Waals surface area contributed by atoms with Gasteiger partial charge in [-0.1, -0.05) is 17.7 Å². The Hall–Kier alpha value is -1.60. The summed E-state index contributed by atoms with van der Waals surface area (Å²) in [4.78, 5) is 3.28. The van der Waals surface area contributed by atoms with Crippen LogP contribution in [0.1, 0.15) is 30.0 Å². The number of aliphatic hydroxyl groups excluding tert-OH is 1. The summed E-state index contributed by atoms with van der Waals surface area (Å²) in [5.74, 6) is 0. The molecule has 0 fully saturated rings. The number of aliphatic hydroxyl groups is 1. The molecule has 0 aliphatic heterocycles. The van der Waals surface area contributed by atoms with Crippen molar-refractivity contribution in [2.24, 2.45) is 0 Å². The van der Waals surface area contributed by atoms with Crippen molar-refractivity contribution in [1.29, 1.82) is 0 Å². The smallest absolute Gasteiger partial charge is 0.382 e. The lowest BCUT2D eigenvalue weighted by atomic mass is 10.1. The predicted molar refractivity (Wildman–Crippen MR) is 66.2 cm³/mol. The van der Waals surface area contributed by atoms with E-state index in [4.69, 9.17) is 11.6 Å². The molecular formula is C12H11ClF3N3O. The van der Waals surface area contributed by atoms with Gasteiger partial charge in [0.2, 0.25) is 0 Å². The first-order chi connectivity index (χ1) is 9.34. The molecule has 2 rings (SSSR count). The van der Waals surface area contributed by atoms with Gasteiger partial charge < -0.3 is 5.11 Å². The van der Waals surface area contributed by atoms with Gasteiger partial charge >= 0.3 is 6.18 Å². The number of hydrogen-bond acceptors (Lipinski definition) is 3. The van der Waals surface area contributed by atoms with Gasteiger partial charge in [0.05, 0.1) is 5.69 Å². The molecule has 0 aliphatic rings. The first-order valence-corrected chi connectivity index (χ1v) is 6.15. The summed E-state index contributed by atoms with van der Waals surface area (Å²) in [6, 6.07) is 3.48. The maximum atomic E-state index is 12.5. The molecule has 0 aromatic carbocycles. The normalized spacial score (nSPS) is 13.5. The van der Waals surface area contributed by atoms with Crippen LogP contribution in [0.2, 0.25) is 5.15 Å². The summed E-state index contributed by atoms with van der Waals surface area (Å²) in [6.45, 7) is 2.35. The standard InChI is InChI=1S/C12H11ClF3N3O/c1-2-19-8(5-6-17-19)10(20)7-3-4-9(12(14,15)16)18-11(7)13/h3-6,10,20H,2H2,1H3. The van der Waals surface area contributed by atoms with Crippen LogP contribution >= 0.6 is 11.6 Å². The van der Waals surface area contributed by atoms with Crippen LogP contribution in [0.5, 0.6) is 0 Å². The third kappa shape index (κ3) is 2.78. The van der Waals surface area contributed by atoms with Crippen LogP contribution in [0.15, 0.2) is 24.4 Å². The fourth-order valence-corrected chi connectivity index (χ4v) is 2.06. The van der Waals surface area contributed by atoms with Crippen LogP contribution in [0.4, 0.5) is 13.2 Å². The molecule has 0 bridgehead atoms. The summed E-state index contributed by atoms with van der Waals surface area (Å²) in [5.41, 5.74) is -0.548. The maximum Gasteiger partial charge on any atom is 0.433 e. The van der Waals surface area contributed by atoms with E-state index < -0.39 is 18.0 Å². The van der Waals surface area contributed by atoms with Crippen LogP contribution in [0.3, 0.4) is 0 Å². The number of hydrogen-bond donors (Lipinski definition) is 1. The van der Waals surface area contributed by atoms with E-state index in [1.165, 1.54) is 10.9 Å². The van der Waals surface area contributed by atoms with Gasteiger partial charge in [0.15, 0.2) is 0 Å². The molecule has 1 atom stereocenters. The molecule has 2 heterocycles. The van der Waals surface area contributed by atoms with E-state index in [-0.39, 0.29) is 10.7 Å². The number of halogens is 4. The van der Waals surface area contributed by atoms with E-state index in [1.807, 2.05) is 6.92 Å². The predicted octanol–water partition coefficient (Wildman–Crippen LogP) is 3.05. The van der Waals surface area contributed by atoms with Crippen LogP contribution in [0.25, 0.3) is 0 Å². The second-order valence-corrected chi connectivity index (χ2v) is 4.41. The summed E-state index contributed by atoms with van der Waals surface area (Å²) >= 11 is 5.74. The van der Waals surface area contributed by atoms with Gasteiger partial charge in [-0.15, -0.1) is 0 Å². The molecule has 108 valence electrons. The van der Waals surface area contributed by atoms with Gasteiger partial charge in [0.1, 0.15) is 17.0 Å². The third-order valence-corrected chi connectivity index (χ3v) is 3.09. The minimum Gasteiger partial charge on any atom is -0.382 e. The van der Waals surface area contributed by atoms with Crippen molar-refractivity contribution in [2.45, 2.75) is 25.7 Å². The molecule has 4 nitrogen and oxygen atoms in total. The Bertz CT molecular complexity index is 612. The molecule has 2 aromatic rings. The highest BCUT2D eigenvalue weighted by atomic mass is 35.5. The first kappa shape index (κ1) is 14.8. The van der Waals surface area contributed by atoms with Crippen LogP contribution in [-0.2, 0) is 12.7 Å². The van der Waals surface area contributed by atoms with E-state index in [2.05, 4.69) is 10.1 Å². The van der Waals surface area contributed by atoms with Crippen molar-refractivity contribution >= 4 is 11.6 Å². The zero-order valence-corrected chi connectivity index (χ0v) is 11.2. The minimum absolute atomic E-state index is 0.106. The van der Waals surface area contributed by atoms with Crippen LogP contribution < -0.4 is 0 Å². The molecule has 0 spiro atoms. The molecule has 0 saturated carbocycles. The molecule has 0 amide bonds. The monoisotopic (exact) mass is 305 g/mol. The summed E-state index contributed by atoms with van der Waals surface area (Å²) in [7, 11) is 0. The van der Waals surface area contributed by atoms with Gasteiger partial charge in [0.25, 0.3) is 0 Å². The van der Waals surface area contributed by atoms with Gasteiger partial charge in [-0.05, 0) is 19.1 Å². The number of nitrogens with zero attached hydrogens (tertiary/aromatic N) is 3. The Morgan fingerprint density at radius 2 is 2.05 bits per heavy atom. The van der Waals surface area contributed by atoms with Crippen molar-refractivity contribution in [3.63, 3.8) is 0 Å².